The molecule has 4 heterocycles. The van der Waals surface area contributed by atoms with E-state index in [1.165, 1.54) is 0 Å². The number of amides is 1. The lowest BCUT2D eigenvalue weighted by Gasteiger charge is -2.26. The predicted molar refractivity (Wildman–Crippen MR) is 126 cm³/mol. The van der Waals surface area contributed by atoms with Crippen molar-refractivity contribution in [1.82, 2.24) is 34.4 Å². The zero-order valence-corrected chi connectivity index (χ0v) is 19.9. The molecule has 1 aromatic carbocycles. The summed E-state index contributed by atoms with van der Waals surface area (Å²) in [6.07, 6.45) is 4.82. The van der Waals surface area contributed by atoms with Crippen molar-refractivity contribution in [3.05, 3.63) is 65.0 Å². The monoisotopic (exact) mass is 479 g/mol. The van der Waals surface area contributed by atoms with Gasteiger partial charge in [-0.05, 0) is 37.8 Å². The van der Waals surface area contributed by atoms with Crippen LogP contribution in [0.25, 0.3) is 17.2 Å². The van der Waals surface area contributed by atoms with E-state index >= 15 is 0 Å². The quantitative estimate of drug-likeness (QED) is 0.451. The van der Waals surface area contributed by atoms with Gasteiger partial charge in [0.2, 0.25) is 11.7 Å². The van der Waals surface area contributed by atoms with Crippen LogP contribution in [0.1, 0.15) is 53.4 Å². The third kappa shape index (κ3) is 4.52. The Hall–Kier alpha value is -3.69. The molecule has 5 rings (SSSR count). The van der Waals surface area contributed by atoms with Gasteiger partial charge in [0.05, 0.1) is 5.69 Å². The number of hydrogen-bond acceptors (Lipinski definition) is 5. The Morgan fingerprint density at radius 1 is 1.23 bits per heavy atom. The number of carbonyl (C=O) groups excluding carboxylic acids is 1. The van der Waals surface area contributed by atoms with Crippen LogP contribution in [0.2, 0.25) is 0 Å². The van der Waals surface area contributed by atoms with Gasteiger partial charge in [0.15, 0.2) is 5.82 Å². The minimum atomic E-state index is -2.72. The fourth-order valence-electron chi connectivity index (χ4n) is 4.46. The molecule has 182 valence electrons. The highest BCUT2D eigenvalue weighted by molar-refractivity contribution is 5.94. The number of hydrogen-bond donors (Lipinski definition) is 1. The van der Waals surface area contributed by atoms with Crippen molar-refractivity contribution in [2.75, 3.05) is 0 Å². The molecule has 1 amide bonds. The second kappa shape index (κ2) is 8.83. The van der Waals surface area contributed by atoms with Gasteiger partial charge in [-0.1, -0.05) is 31.2 Å². The Labute approximate surface area is 201 Å². The van der Waals surface area contributed by atoms with Gasteiger partial charge in [-0.25, -0.2) is 28.4 Å². The van der Waals surface area contributed by atoms with Crippen molar-refractivity contribution < 1.29 is 13.6 Å². The highest BCUT2D eigenvalue weighted by atomic mass is 19.3. The molecule has 0 fully saturated rings. The van der Waals surface area contributed by atoms with Crippen molar-refractivity contribution in [3.8, 4) is 11.4 Å². The van der Waals surface area contributed by atoms with Gasteiger partial charge in [-0.2, -0.15) is 5.10 Å². The summed E-state index contributed by atoms with van der Waals surface area (Å²) in [5, 5.41) is 7.48. The first kappa shape index (κ1) is 23.1. The number of nitrogens with zero attached hydrogens (tertiary/aromatic N) is 6. The second-order valence-corrected chi connectivity index (χ2v) is 9.16. The Bertz CT molecular complexity index is 1390. The first-order chi connectivity index (χ1) is 16.7. The van der Waals surface area contributed by atoms with Crippen LogP contribution in [0.4, 0.5) is 8.78 Å². The Balaban J connectivity index is 1.28. The fraction of sp³-hybridized carbons (Fsp3) is 0.400. The van der Waals surface area contributed by atoms with Crippen LogP contribution in [-0.4, -0.2) is 41.0 Å². The number of fused-ring (bicyclic) bond motifs is 2. The molecule has 1 aliphatic rings. The minimum absolute atomic E-state index is 0.212. The SMILES string of the molecule is CCc1nc2ncc(C)cn2c1C(=O)NCc1ccc(-c2nc3n(n2)CC[C@H](C(C)(F)F)C3)cc1. The van der Waals surface area contributed by atoms with Gasteiger partial charge in [-0.15, -0.1) is 0 Å². The van der Waals surface area contributed by atoms with E-state index in [9.17, 15) is 13.6 Å². The van der Waals surface area contributed by atoms with E-state index in [0.29, 0.717) is 54.7 Å². The van der Waals surface area contributed by atoms with Crippen LogP contribution >= 0.6 is 0 Å². The molecule has 0 saturated heterocycles. The molecular weight excluding hydrogens is 452 g/mol. The lowest BCUT2D eigenvalue weighted by molar-refractivity contribution is -0.0495. The lowest BCUT2D eigenvalue weighted by Crippen LogP contribution is -2.32. The summed E-state index contributed by atoms with van der Waals surface area (Å²) in [4.78, 5) is 26.3. The van der Waals surface area contributed by atoms with Crippen LogP contribution in [0.15, 0.2) is 36.7 Å². The van der Waals surface area contributed by atoms with E-state index in [4.69, 9.17) is 0 Å². The molecule has 1 aliphatic heterocycles. The molecule has 0 saturated carbocycles. The third-order valence-electron chi connectivity index (χ3n) is 6.48. The largest absolute Gasteiger partial charge is 0.347 e. The third-order valence-corrected chi connectivity index (χ3v) is 6.48. The van der Waals surface area contributed by atoms with E-state index in [1.807, 2.05) is 44.3 Å². The van der Waals surface area contributed by atoms with Crippen molar-refractivity contribution >= 4 is 11.7 Å². The summed E-state index contributed by atoms with van der Waals surface area (Å²) < 4.78 is 30.9. The van der Waals surface area contributed by atoms with Crippen molar-refractivity contribution in [1.29, 1.82) is 0 Å². The van der Waals surface area contributed by atoms with Crippen LogP contribution in [0.3, 0.4) is 0 Å². The number of carbonyl (C=O) groups is 1. The topological polar surface area (TPSA) is 90.0 Å². The van der Waals surface area contributed by atoms with E-state index < -0.39 is 11.8 Å². The van der Waals surface area contributed by atoms with Gasteiger partial charge >= 0.3 is 0 Å². The van der Waals surface area contributed by atoms with Gasteiger partial charge in [0.25, 0.3) is 5.91 Å². The predicted octanol–water partition coefficient (Wildman–Crippen LogP) is 4.01. The standard InChI is InChI=1S/C25H27F2N7O/c1-4-19-21(33-14-15(2)12-29-24(33)30-19)23(35)28-13-16-5-7-17(8-6-16)22-31-20-11-18(25(3,26)27)9-10-34(20)32-22/h5-8,12,14,18H,4,9-11,13H2,1-3H3,(H,28,35)/t18-/m0/s1. The summed E-state index contributed by atoms with van der Waals surface area (Å²) in [5.41, 5.74) is 3.86. The van der Waals surface area contributed by atoms with Crippen LogP contribution in [-0.2, 0) is 25.9 Å². The first-order valence-corrected chi connectivity index (χ1v) is 11.8. The summed E-state index contributed by atoms with van der Waals surface area (Å²) in [6, 6.07) is 7.57. The van der Waals surface area contributed by atoms with E-state index in [0.717, 1.165) is 23.6 Å². The molecule has 0 radical (unpaired) electrons. The second-order valence-electron chi connectivity index (χ2n) is 9.16. The molecule has 0 unspecified atom stereocenters. The molecular formula is C25H27F2N7O. The number of imidazole rings is 1. The van der Waals surface area contributed by atoms with E-state index in [2.05, 4.69) is 25.4 Å². The zero-order valence-electron chi connectivity index (χ0n) is 19.9. The number of aryl methyl sites for hydroxylation is 3. The van der Waals surface area contributed by atoms with Crippen LogP contribution in [0.5, 0.6) is 0 Å². The summed E-state index contributed by atoms with van der Waals surface area (Å²) in [7, 11) is 0. The van der Waals surface area contributed by atoms with Crippen LogP contribution in [0, 0.1) is 12.8 Å². The number of aromatic nitrogens is 6. The molecule has 1 N–H and O–H groups in total. The molecule has 8 nitrogen and oxygen atoms in total. The normalized spacial score (nSPS) is 15.9. The van der Waals surface area contributed by atoms with Crippen molar-refractivity contribution in [3.63, 3.8) is 0 Å². The number of benzene rings is 1. The Kier molecular flexibility index (Phi) is 5.82. The Morgan fingerprint density at radius 3 is 2.71 bits per heavy atom. The van der Waals surface area contributed by atoms with E-state index in [-0.39, 0.29) is 12.3 Å². The number of nitrogens with one attached hydrogen (secondary N) is 1. The van der Waals surface area contributed by atoms with Crippen molar-refractivity contribution in [2.45, 2.75) is 59.0 Å². The number of alkyl halides is 2. The molecule has 10 heteroatoms. The summed E-state index contributed by atoms with van der Waals surface area (Å²) in [5.74, 6) is -2.02. The highest BCUT2D eigenvalue weighted by Gasteiger charge is 2.37. The zero-order chi connectivity index (χ0) is 24.7. The maximum atomic E-state index is 13.7. The van der Waals surface area contributed by atoms with Gasteiger partial charge in [-0.3, -0.25) is 9.20 Å². The fourth-order valence-corrected chi connectivity index (χ4v) is 4.46. The van der Waals surface area contributed by atoms with Crippen molar-refractivity contribution in [2.24, 2.45) is 5.92 Å². The van der Waals surface area contributed by atoms with Gasteiger partial charge in [0, 0.05) is 43.4 Å². The maximum absolute atomic E-state index is 13.7. The average molecular weight is 480 g/mol. The molecule has 0 bridgehead atoms. The smallest absolute Gasteiger partial charge is 0.270 e. The summed E-state index contributed by atoms with van der Waals surface area (Å²) in [6.45, 7) is 5.64. The average Bonchev–Trinajstić information content (AvgIpc) is 3.42. The highest BCUT2D eigenvalue weighted by Crippen LogP contribution is 2.33. The Morgan fingerprint density at radius 2 is 2.00 bits per heavy atom. The molecule has 35 heavy (non-hydrogen) atoms. The molecule has 0 spiro atoms. The summed E-state index contributed by atoms with van der Waals surface area (Å²) >= 11 is 0. The first-order valence-electron chi connectivity index (χ1n) is 11.8. The molecule has 4 aromatic rings. The van der Waals surface area contributed by atoms with E-state index in [1.54, 1.807) is 15.3 Å². The molecule has 3 aromatic heterocycles. The number of halogens is 2. The maximum Gasteiger partial charge on any atom is 0.270 e. The molecule has 1 atom stereocenters. The van der Waals surface area contributed by atoms with Gasteiger partial charge in [0.1, 0.15) is 11.5 Å². The lowest BCUT2D eigenvalue weighted by atomic mass is 9.92. The minimum Gasteiger partial charge on any atom is -0.347 e. The van der Waals surface area contributed by atoms with Crippen LogP contribution < -0.4 is 5.32 Å². The molecule has 0 aliphatic carbocycles. The number of rotatable bonds is 6. The van der Waals surface area contributed by atoms with Gasteiger partial charge < -0.3 is 5.32 Å².